The molecular formula is C15H19FN4O. The molecule has 2 N–H and O–H groups in total. The molecule has 1 amide bonds. The lowest BCUT2D eigenvalue weighted by molar-refractivity contribution is -0.126. The first-order chi connectivity index (χ1) is 9.95. The van der Waals surface area contributed by atoms with E-state index >= 15 is 0 Å². The van der Waals surface area contributed by atoms with Crippen LogP contribution in [0.4, 0.5) is 10.1 Å². The van der Waals surface area contributed by atoms with Gasteiger partial charge in [-0.1, -0.05) is 0 Å². The average molecular weight is 290 g/mol. The molecule has 112 valence electrons. The fourth-order valence-electron chi connectivity index (χ4n) is 2.34. The number of carbonyl (C=O) groups excluding carboxylic acids is 1. The van der Waals surface area contributed by atoms with Gasteiger partial charge in [-0.25, -0.2) is 4.39 Å². The van der Waals surface area contributed by atoms with E-state index in [1.807, 2.05) is 13.8 Å². The van der Waals surface area contributed by atoms with Gasteiger partial charge in [-0.3, -0.25) is 9.69 Å². The SMILES string of the molecule is CC(C)(C(=O)Nc1ccc(F)c(C#N)c1)N1CCNCC1. The van der Waals surface area contributed by atoms with Crippen molar-refractivity contribution in [1.29, 1.82) is 5.26 Å². The lowest BCUT2D eigenvalue weighted by atomic mass is 10.00. The van der Waals surface area contributed by atoms with E-state index in [9.17, 15) is 9.18 Å². The lowest BCUT2D eigenvalue weighted by Crippen LogP contribution is -2.58. The first-order valence-corrected chi connectivity index (χ1v) is 6.92. The number of piperazine rings is 1. The summed E-state index contributed by atoms with van der Waals surface area (Å²) in [5.41, 5.74) is -0.308. The molecule has 1 saturated heterocycles. The average Bonchev–Trinajstić information content (AvgIpc) is 2.50. The molecule has 1 aromatic carbocycles. The van der Waals surface area contributed by atoms with Gasteiger partial charge in [0.15, 0.2) is 0 Å². The summed E-state index contributed by atoms with van der Waals surface area (Å²) in [5.74, 6) is -0.753. The summed E-state index contributed by atoms with van der Waals surface area (Å²) in [6.45, 7) is 7.03. The number of rotatable bonds is 3. The minimum atomic E-state index is -0.663. The largest absolute Gasteiger partial charge is 0.324 e. The summed E-state index contributed by atoms with van der Waals surface area (Å²) >= 11 is 0. The molecule has 6 heteroatoms. The fourth-order valence-corrected chi connectivity index (χ4v) is 2.34. The van der Waals surface area contributed by atoms with E-state index in [1.165, 1.54) is 18.2 Å². The topological polar surface area (TPSA) is 68.2 Å². The van der Waals surface area contributed by atoms with E-state index in [0.29, 0.717) is 5.69 Å². The molecule has 1 aliphatic heterocycles. The molecule has 1 aromatic rings. The van der Waals surface area contributed by atoms with Crippen molar-refractivity contribution < 1.29 is 9.18 Å². The Balaban J connectivity index is 2.11. The Morgan fingerprint density at radius 2 is 2.10 bits per heavy atom. The number of hydrogen-bond acceptors (Lipinski definition) is 4. The number of carbonyl (C=O) groups is 1. The van der Waals surface area contributed by atoms with Gasteiger partial charge in [-0.15, -0.1) is 0 Å². The Hall–Kier alpha value is -1.97. The standard InChI is InChI=1S/C15H19FN4O/c1-15(2,20-7-5-18-6-8-20)14(21)19-12-3-4-13(16)11(9-12)10-17/h3-4,9,18H,5-8H2,1-2H3,(H,19,21). The predicted molar refractivity (Wildman–Crippen MR) is 78.3 cm³/mol. The second kappa shape index (κ2) is 6.20. The van der Waals surface area contributed by atoms with Crippen molar-refractivity contribution in [1.82, 2.24) is 10.2 Å². The van der Waals surface area contributed by atoms with Crippen molar-refractivity contribution in [3.8, 4) is 6.07 Å². The Morgan fingerprint density at radius 1 is 1.43 bits per heavy atom. The van der Waals surface area contributed by atoms with E-state index in [1.54, 1.807) is 6.07 Å². The molecule has 5 nitrogen and oxygen atoms in total. The second-order valence-corrected chi connectivity index (χ2v) is 5.56. The van der Waals surface area contributed by atoms with Crippen LogP contribution in [-0.2, 0) is 4.79 Å². The van der Waals surface area contributed by atoms with Crippen LogP contribution < -0.4 is 10.6 Å². The van der Waals surface area contributed by atoms with Crippen LogP contribution in [0.1, 0.15) is 19.4 Å². The zero-order valence-electron chi connectivity index (χ0n) is 12.2. The second-order valence-electron chi connectivity index (χ2n) is 5.56. The zero-order valence-corrected chi connectivity index (χ0v) is 12.2. The predicted octanol–water partition coefficient (Wildman–Crippen LogP) is 1.32. The Labute approximate surface area is 123 Å². The Bertz CT molecular complexity index is 574. The number of nitriles is 1. The molecule has 0 saturated carbocycles. The molecular weight excluding hydrogens is 271 g/mol. The molecule has 21 heavy (non-hydrogen) atoms. The third kappa shape index (κ3) is 3.38. The number of nitrogens with zero attached hydrogens (tertiary/aromatic N) is 2. The molecule has 0 spiro atoms. The summed E-state index contributed by atoms with van der Waals surface area (Å²) in [4.78, 5) is 14.6. The molecule has 0 bridgehead atoms. The summed E-state index contributed by atoms with van der Waals surface area (Å²) in [5, 5.41) is 14.8. The summed E-state index contributed by atoms with van der Waals surface area (Å²) in [6.07, 6.45) is 0. The van der Waals surface area contributed by atoms with Gasteiger partial charge in [0, 0.05) is 31.9 Å². The van der Waals surface area contributed by atoms with Crippen LogP contribution in [0.15, 0.2) is 18.2 Å². The van der Waals surface area contributed by atoms with Crippen LogP contribution >= 0.6 is 0 Å². The molecule has 1 fully saturated rings. The number of benzene rings is 1. The van der Waals surface area contributed by atoms with Gasteiger partial charge in [0.1, 0.15) is 11.9 Å². The number of amides is 1. The van der Waals surface area contributed by atoms with Crippen molar-refractivity contribution in [2.75, 3.05) is 31.5 Å². The highest BCUT2D eigenvalue weighted by molar-refractivity contribution is 5.97. The van der Waals surface area contributed by atoms with E-state index in [2.05, 4.69) is 15.5 Å². The summed E-state index contributed by atoms with van der Waals surface area (Å²) in [7, 11) is 0. The van der Waals surface area contributed by atoms with E-state index in [-0.39, 0.29) is 11.5 Å². The maximum absolute atomic E-state index is 13.3. The third-order valence-electron chi connectivity index (χ3n) is 3.81. The molecule has 0 radical (unpaired) electrons. The molecule has 1 aliphatic rings. The maximum Gasteiger partial charge on any atom is 0.244 e. The quantitative estimate of drug-likeness (QED) is 0.881. The van der Waals surface area contributed by atoms with Crippen molar-refractivity contribution in [3.63, 3.8) is 0 Å². The molecule has 2 rings (SSSR count). The van der Waals surface area contributed by atoms with Crippen LogP contribution in [0.3, 0.4) is 0 Å². The minimum Gasteiger partial charge on any atom is -0.324 e. The first-order valence-electron chi connectivity index (χ1n) is 6.92. The van der Waals surface area contributed by atoms with Crippen molar-refractivity contribution in [2.45, 2.75) is 19.4 Å². The van der Waals surface area contributed by atoms with Crippen LogP contribution in [0.5, 0.6) is 0 Å². The van der Waals surface area contributed by atoms with Crippen molar-refractivity contribution in [3.05, 3.63) is 29.6 Å². The molecule has 0 aromatic heterocycles. The van der Waals surface area contributed by atoms with E-state index in [0.717, 1.165) is 26.2 Å². The Kier molecular flexibility index (Phi) is 4.56. The van der Waals surface area contributed by atoms with Gasteiger partial charge in [0.25, 0.3) is 0 Å². The first kappa shape index (κ1) is 15.4. The lowest BCUT2D eigenvalue weighted by Gasteiger charge is -2.39. The summed E-state index contributed by atoms with van der Waals surface area (Å²) < 4.78 is 13.3. The van der Waals surface area contributed by atoms with Gasteiger partial charge >= 0.3 is 0 Å². The fraction of sp³-hybridized carbons (Fsp3) is 0.467. The van der Waals surface area contributed by atoms with Crippen LogP contribution in [-0.4, -0.2) is 42.5 Å². The number of anilines is 1. The van der Waals surface area contributed by atoms with Gasteiger partial charge in [0.2, 0.25) is 5.91 Å². The van der Waals surface area contributed by atoms with Gasteiger partial charge < -0.3 is 10.6 Å². The van der Waals surface area contributed by atoms with Crippen molar-refractivity contribution in [2.24, 2.45) is 0 Å². The van der Waals surface area contributed by atoms with Gasteiger partial charge in [-0.05, 0) is 32.0 Å². The van der Waals surface area contributed by atoms with Crippen molar-refractivity contribution >= 4 is 11.6 Å². The van der Waals surface area contributed by atoms with E-state index < -0.39 is 11.4 Å². The number of nitrogens with one attached hydrogen (secondary N) is 2. The van der Waals surface area contributed by atoms with Crippen LogP contribution in [0.2, 0.25) is 0 Å². The monoisotopic (exact) mass is 290 g/mol. The molecule has 0 aliphatic carbocycles. The highest BCUT2D eigenvalue weighted by Crippen LogP contribution is 2.20. The van der Waals surface area contributed by atoms with Gasteiger partial charge in [0.05, 0.1) is 11.1 Å². The molecule has 1 heterocycles. The number of hydrogen-bond donors (Lipinski definition) is 2. The molecule has 0 atom stereocenters. The van der Waals surface area contributed by atoms with Crippen LogP contribution in [0, 0.1) is 17.1 Å². The minimum absolute atomic E-state index is 0.0761. The normalized spacial score (nSPS) is 16.3. The number of halogens is 1. The third-order valence-corrected chi connectivity index (χ3v) is 3.81. The molecule has 0 unspecified atom stereocenters. The van der Waals surface area contributed by atoms with Crippen LogP contribution in [0.25, 0.3) is 0 Å². The smallest absolute Gasteiger partial charge is 0.244 e. The highest BCUT2D eigenvalue weighted by atomic mass is 19.1. The van der Waals surface area contributed by atoms with Gasteiger partial charge in [-0.2, -0.15) is 5.26 Å². The Morgan fingerprint density at radius 3 is 2.71 bits per heavy atom. The zero-order chi connectivity index (χ0) is 15.5. The van der Waals surface area contributed by atoms with E-state index in [4.69, 9.17) is 5.26 Å². The highest BCUT2D eigenvalue weighted by Gasteiger charge is 2.35. The maximum atomic E-state index is 13.3. The summed E-state index contributed by atoms with van der Waals surface area (Å²) in [6, 6.07) is 5.76.